The summed E-state index contributed by atoms with van der Waals surface area (Å²) >= 11 is 0. The second-order valence-corrected chi connectivity index (χ2v) is 2.28. The molecule has 0 aromatic heterocycles. The average Bonchev–Trinajstić information content (AvgIpc) is 1.85. The first-order valence-electron chi connectivity index (χ1n) is 3.49. The van der Waals surface area contributed by atoms with Crippen LogP contribution in [0.25, 0.3) is 0 Å². The fourth-order valence-electron chi connectivity index (χ4n) is 0.772. The summed E-state index contributed by atoms with van der Waals surface area (Å²) in [6.07, 6.45) is 3.26. The van der Waals surface area contributed by atoms with Crippen molar-refractivity contribution in [1.29, 1.82) is 0 Å². The molecule has 0 heterocycles. The molecule has 54 valence electrons. The van der Waals surface area contributed by atoms with Gasteiger partial charge in [0.15, 0.2) is 0 Å². The van der Waals surface area contributed by atoms with Gasteiger partial charge in [-0.2, -0.15) is 0 Å². The van der Waals surface area contributed by atoms with Crippen LogP contribution in [0.15, 0.2) is 4.99 Å². The monoisotopic (exact) mass is 128 g/mol. The third-order valence-electron chi connectivity index (χ3n) is 1.32. The Balaban J connectivity index is 3.04. The van der Waals surface area contributed by atoms with Crippen molar-refractivity contribution in [2.24, 2.45) is 10.7 Å². The Hall–Kier alpha value is -0.370. The summed E-state index contributed by atoms with van der Waals surface area (Å²) in [5.41, 5.74) is 5.68. The molecule has 2 nitrogen and oxygen atoms in total. The van der Waals surface area contributed by atoms with Crippen molar-refractivity contribution < 1.29 is 0 Å². The summed E-state index contributed by atoms with van der Waals surface area (Å²) in [6.45, 7) is 6.33. The van der Waals surface area contributed by atoms with E-state index in [2.05, 4.69) is 18.6 Å². The summed E-state index contributed by atoms with van der Waals surface area (Å²) < 4.78 is 0. The van der Waals surface area contributed by atoms with Gasteiger partial charge in [-0.1, -0.05) is 13.3 Å². The highest BCUT2D eigenvalue weighted by molar-refractivity contribution is 5.23. The molecule has 0 aliphatic carbocycles. The molecule has 9 heavy (non-hydrogen) atoms. The molecule has 0 radical (unpaired) electrons. The van der Waals surface area contributed by atoms with Crippen LogP contribution in [0.5, 0.6) is 0 Å². The van der Waals surface area contributed by atoms with Crippen molar-refractivity contribution in [1.82, 2.24) is 0 Å². The third kappa shape index (κ3) is 5.50. The minimum atomic E-state index is 0.334. The van der Waals surface area contributed by atoms with Crippen molar-refractivity contribution in [2.75, 3.05) is 6.54 Å². The van der Waals surface area contributed by atoms with E-state index in [1.165, 1.54) is 0 Å². The maximum absolute atomic E-state index is 5.68. The van der Waals surface area contributed by atoms with Crippen LogP contribution in [0.3, 0.4) is 0 Å². The molecule has 0 saturated carbocycles. The average molecular weight is 128 g/mol. The van der Waals surface area contributed by atoms with Gasteiger partial charge in [-0.05, 0) is 19.6 Å². The molecule has 0 aromatic carbocycles. The zero-order valence-electron chi connectivity index (χ0n) is 6.14. The highest BCUT2D eigenvalue weighted by Crippen LogP contribution is 1.97. The molecule has 0 aromatic rings. The summed E-state index contributed by atoms with van der Waals surface area (Å²) in [4.78, 5) is 3.73. The van der Waals surface area contributed by atoms with Crippen LogP contribution in [-0.4, -0.2) is 19.3 Å². The lowest BCUT2D eigenvalue weighted by Gasteiger charge is -2.06. The number of aliphatic imine (C=N–C) groups is 1. The zero-order valence-corrected chi connectivity index (χ0v) is 6.14. The molecular weight excluding hydrogens is 112 g/mol. The second kappa shape index (κ2) is 5.76. The predicted molar refractivity (Wildman–Crippen MR) is 41.9 cm³/mol. The fourth-order valence-corrected chi connectivity index (χ4v) is 0.772. The second-order valence-electron chi connectivity index (χ2n) is 2.28. The Morgan fingerprint density at radius 3 is 2.67 bits per heavy atom. The molecule has 0 amide bonds. The van der Waals surface area contributed by atoms with Crippen LogP contribution in [0.2, 0.25) is 0 Å². The molecule has 0 spiro atoms. The highest BCUT2D eigenvalue weighted by atomic mass is 14.7. The normalized spacial score (nSPS) is 13.1. The summed E-state index contributed by atoms with van der Waals surface area (Å²) in [7, 11) is 0. The van der Waals surface area contributed by atoms with Gasteiger partial charge >= 0.3 is 0 Å². The maximum Gasteiger partial charge on any atom is 0.0396 e. The van der Waals surface area contributed by atoms with E-state index in [4.69, 9.17) is 5.73 Å². The van der Waals surface area contributed by atoms with E-state index in [0.717, 1.165) is 25.8 Å². The number of hydrogen-bond donors (Lipinski definition) is 1. The first-order valence-corrected chi connectivity index (χ1v) is 3.49. The van der Waals surface area contributed by atoms with Crippen molar-refractivity contribution >= 4 is 6.72 Å². The Morgan fingerprint density at radius 2 is 2.22 bits per heavy atom. The maximum atomic E-state index is 5.68. The highest BCUT2D eigenvalue weighted by Gasteiger charge is 1.97. The number of nitrogens with two attached hydrogens (primary N) is 1. The van der Waals surface area contributed by atoms with Crippen molar-refractivity contribution in [3.05, 3.63) is 0 Å². The van der Waals surface area contributed by atoms with Crippen LogP contribution < -0.4 is 5.73 Å². The van der Waals surface area contributed by atoms with E-state index in [9.17, 15) is 0 Å². The van der Waals surface area contributed by atoms with E-state index >= 15 is 0 Å². The molecular formula is C7H16N2. The molecule has 0 aliphatic rings. The standard InChI is InChI=1S/C7H16N2/c1-3-4-7(8)5-6-9-2/h7H,2-6,8H2,1H3. The van der Waals surface area contributed by atoms with Gasteiger partial charge in [0.05, 0.1) is 0 Å². The number of rotatable bonds is 5. The third-order valence-corrected chi connectivity index (χ3v) is 1.32. The van der Waals surface area contributed by atoms with Crippen molar-refractivity contribution in [3.8, 4) is 0 Å². The van der Waals surface area contributed by atoms with Crippen LogP contribution in [0, 0.1) is 0 Å². The number of nitrogens with zero attached hydrogens (tertiary/aromatic N) is 1. The van der Waals surface area contributed by atoms with Gasteiger partial charge in [0, 0.05) is 12.6 Å². The Morgan fingerprint density at radius 1 is 1.56 bits per heavy atom. The van der Waals surface area contributed by atoms with Crippen molar-refractivity contribution in [2.45, 2.75) is 32.2 Å². The summed E-state index contributed by atoms with van der Waals surface area (Å²) in [5.74, 6) is 0. The van der Waals surface area contributed by atoms with Crippen LogP contribution in [-0.2, 0) is 0 Å². The molecule has 2 N–H and O–H groups in total. The predicted octanol–water partition coefficient (Wildman–Crippen LogP) is 1.20. The van der Waals surface area contributed by atoms with E-state index in [1.54, 1.807) is 0 Å². The largest absolute Gasteiger partial charge is 0.328 e. The molecule has 0 aliphatic heterocycles. The lowest BCUT2D eigenvalue weighted by atomic mass is 10.1. The van der Waals surface area contributed by atoms with Crippen LogP contribution in [0.4, 0.5) is 0 Å². The first-order chi connectivity index (χ1) is 4.31. The van der Waals surface area contributed by atoms with E-state index in [-0.39, 0.29) is 0 Å². The Bertz CT molecular complexity index is 71.3. The summed E-state index contributed by atoms with van der Waals surface area (Å²) in [5, 5.41) is 0. The zero-order chi connectivity index (χ0) is 7.11. The smallest absolute Gasteiger partial charge is 0.0396 e. The van der Waals surface area contributed by atoms with E-state index in [1.807, 2.05) is 0 Å². The topological polar surface area (TPSA) is 38.4 Å². The molecule has 0 saturated heterocycles. The first kappa shape index (κ1) is 8.63. The van der Waals surface area contributed by atoms with E-state index in [0.29, 0.717) is 6.04 Å². The van der Waals surface area contributed by atoms with Crippen molar-refractivity contribution in [3.63, 3.8) is 0 Å². The molecule has 0 fully saturated rings. The minimum absolute atomic E-state index is 0.334. The Kier molecular flexibility index (Phi) is 5.52. The fraction of sp³-hybridized carbons (Fsp3) is 0.857. The van der Waals surface area contributed by atoms with E-state index < -0.39 is 0 Å². The quantitative estimate of drug-likeness (QED) is 0.555. The van der Waals surface area contributed by atoms with Gasteiger partial charge < -0.3 is 10.7 Å². The Labute approximate surface area is 57.2 Å². The summed E-state index contributed by atoms with van der Waals surface area (Å²) in [6, 6.07) is 0.334. The van der Waals surface area contributed by atoms with Gasteiger partial charge in [-0.25, -0.2) is 0 Å². The van der Waals surface area contributed by atoms with Crippen LogP contribution in [0.1, 0.15) is 26.2 Å². The minimum Gasteiger partial charge on any atom is -0.328 e. The molecule has 2 heteroatoms. The molecule has 0 rings (SSSR count). The van der Waals surface area contributed by atoms with Crippen LogP contribution >= 0.6 is 0 Å². The van der Waals surface area contributed by atoms with Gasteiger partial charge in [0.2, 0.25) is 0 Å². The van der Waals surface area contributed by atoms with Gasteiger partial charge in [-0.15, -0.1) is 0 Å². The number of hydrogen-bond acceptors (Lipinski definition) is 2. The van der Waals surface area contributed by atoms with Gasteiger partial charge in [0.1, 0.15) is 0 Å². The lowest BCUT2D eigenvalue weighted by Crippen LogP contribution is -2.20. The molecule has 0 bridgehead atoms. The SMILES string of the molecule is C=NCCC(N)CCC. The lowest BCUT2D eigenvalue weighted by molar-refractivity contribution is 0.569. The van der Waals surface area contributed by atoms with Gasteiger partial charge in [-0.3, -0.25) is 0 Å². The van der Waals surface area contributed by atoms with Gasteiger partial charge in [0.25, 0.3) is 0 Å². The molecule has 1 atom stereocenters. The molecule has 1 unspecified atom stereocenters.